The summed E-state index contributed by atoms with van der Waals surface area (Å²) in [6, 6.07) is 0. The van der Waals surface area contributed by atoms with Crippen LogP contribution in [0.15, 0.2) is 4.52 Å². The summed E-state index contributed by atoms with van der Waals surface area (Å²) in [6.45, 7) is 3.76. The molecule has 0 bridgehead atoms. The summed E-state index contributed by atoms with van der Waals surface area (Å²) in [7, 11) is 0. The minimum atomic E-state index is -0.707. The van der Waals surface area contributed by atoms with Gasteiger partial charge in [-0.25, -0.2) is 0 Å². The first-order chi connectivity index (χ1) is 7.09. The van der Waals surface area contributed by atoms with Crippen molar-refractivity contribution in [2.75, 3.05) is 13.1 Å². The van der Waals surface area contributed by atoms with Crippen LogP contribution in [0.25, 0.3) is 0 Å². The molecule has 1 aromatic heterocycles. The molecule has 1 aromatic rings. The van der Waals surface area contributed by atoms with Crippen LogP contribution in [0.3, 0.4) is 0 Å². The molecule has 1 saturated heterocycles. The predicted molar refractivity (Wildman–Crippen MR) is 48.9 cm³/mol. The highest BCUT2D eigenvalue weighted by atomic mass is 16.5. The number of aromatic nitrogens is 2. The summed E-state index contributed by atoms with van der Waals surface area (Å²) < 4.78 is 10.3. The lowest BCUT2D eigenvalue weighted by Gasteiger charge is -2.38. The minimum Gasteiger partial charge on any atom is -0.363 e. The van der Waals surface area contributed by atoms with Crippen LogP contribution in [0.4, 0.5) is 0 Å². The summed E-state index contributed by atoms with van der Waals surface area (Å²) in [5, 5.41) is 6.50. The van der Waals surface area contributed by atoms with Crippen molar-refractivity contribution < 1.29 is 14.1 Å². The van der Waals surface area contributed by atoms with E-state index in [-0.39, 0.29) is 23.9 Å². The molecular formula is C8H12N4O3. The molecule has 1 aliphatic rings. The Labute approximate surface area is 86.0 Å². The van der Waals surface area contributed by atoms with Gasteiger partial charge < -0.3 is 20.3 Å². The molecule has 2 rings (SSSR count). The van der Waals surface area contributed by atoms with Crippen LogP contribution in [0, 0.1) is 0 Å². The van der Waals surface area contributed by atoms with Crippen molar-refractivity contribution in [3.05, 3.63) is 11.7 Å². The Morgan fingerprint density at radius 1 is 1.73 bits per heavy atom. The lowest BCUT2D eigenvalue weighted by molar-refractivity contribution is -0.0841. The van der Waals surface area contributed by atoms with E-state index in [2.05, 4.69) is 15.5 Å². The molecule has 0 spiro atoms. The molecule has 1 aliphatic heterocycles. The van der Waals surface area contributed by atoms with Gasteiger partial charge in [-0.1, -0.05) is 5.16 Å². The van der Waals surface area contributed by atoms with E-state index in [0.717, 1.165) is 13.1 Å². The fraction of sp³-hybridized carbons (Fsp3) is 0.625. The molecule has 0 atom stereocenters. The highest BCUT2D eigenvalue weighted by Crippen LogP contribution is 2.17. The van der Waals surface area contributed by atoms with E-state index < -0.39 is 5.91 Å². The molecule has 2 heterocycles. The predicted octanol–water partition coefficient (Wildman–Crippen LogP) is -0.953. The van der Waals surface area contributed by atoms with Gasteiger partial charge in [-0.2, -0.15) is 4.98 Å². The first-order valence-corrected chi connectivity index (χ1v) is 4.56. The fourth-order valence-electron chi connectivity index (χ4n) is 1.23. The van der Waals surface area contributed by atoms with Gasteiger partial charge >= 0.3 is 0 Å². The maximum absolute atomic E-state index is 10.7. The molecule has 0 aromatic carbocycles. The third-order valence-electron chi connectivity index (χ3n) is 2.23. The number of primary amides is 1. The molecule has 0 unspecified atom stereocenters. The molecule has 0 radical (unpaired) electrons. The lowest BCUT2D eigenvalue weighted by atomic mass is 10.0. The standard InChI is InChI=1S/C8H12N4O3/c1-8(3-10-4-8)14-2-5-11-7(6(9)13)12-15-5/h10H,2-4H2,1H3,(H2,9,13). The van der Waals surface area contributed by atoms with Crippen molar-refractivity contribution in [2.45, 2.75) is 19.1 Å². The number of nitrogens with two attached hydrogens (primary N) is 1. The average Bonchev–Trinajstić information content (AvgIpc) is 2.60. The van der Waals surface area contributed by atoms with E-state index in [0.29, 0.717) is 0 Å². The number of nitrogens with one attached hydrogen (secondary N) is 1. The summed E-state index contributed by atoms with van der Waals surface area (Å²) in [4.78, 5) is 14.4. The number of rotatable bonds is 4. The zero-order valence-electron chi connectivity index (χ0n) is 8.32. The van der Waals surface area contributed by atoms with Crippen molar-refractivity contribution in [1.82, 2.24) is 15.5 Å². The summed E-state index contributed by atoms with van der Waals surface area (Å²) in [6.07, 6.45) is 0. The normalized spacial score (nSPS) is 18.5. The van der Waals surface area contributed by atoms with Crippen LogP contribution in [-0.4, -0.2) is 34.7 Å². The van der Waals surface area contributed by atoms with E-state index in [1.165, 1.54) is 0 Å². The zero-order chi connectivity index (χ0) is 10.9. The number of carbonyl (C=O) groups excluding carboxylic acids is 1. The van der Waals surface area contributed by atoms with Gasteiger partial charge in [-0.3, -0.25) is 4.79 Å². The van der Waals surface area contributed by atoms with Crippen LogP contribution in [0.5, 0.6) is 0 Å². The van der Waals surface area contributed by atoms with Crippen molar-refractivity contribution in [3.8, 4) is 0 Å². The van der Waals surface area contributed by atoms with Crippen molar-refractivity contribution >= 4 is 5.91 Å². The van der Waals surface area contributed by atoms with E-state index in [1.807, 2.05) is 6.92 Å². The van der Waals surface area contributed by atoms with Gasteiger partial charge in [0.15, 0.2) is 0 Å². The second kappa shape index (κ2) is 3.59. The Balaban J connectivity index is 1.90. The number of nitrogens with zero attached hydrogens (tertiary/aromatic N) is 2. The monoisotopic (exact) mass is 212 g/mol. The van der Waals surface area contributed by atoms with E-state index in [9.17, 15) is 4.79 Å². The van der Waals surface area contributed by atoms with Crippen LogP contribution >= 0.6 is 0 Å². The molecule has 0 saturated carbocycles. The number of carbonyl (C=O) groups is 1. The van der Waals surface area contributed by atoms with Gasteiger partial charge in [-0.15, -0.1) is 0 Å². The van der Waals surface area contributed by atoms with Crippen molar-refractivity contribution in [1.29, 1.82) is 0 Å². The van der Waals surface area contributed by atoms with Gasteiger partial charge in [0.2, 0.25) is 0 Å². The maximum Gasteiger partial charge on any atom is 0.290 e. The molecule has 7 heteroatoms. The maximum atomic E-state index is 10.7. The average molecular weight is 212 g/mol. The van der Waals surface area contributed by atoms with Gasteiger partial charge in [0.1, 0.15) is 6.61 Å². The lowest BCUT2D eigenvalue weighted by Crippen LogP contribution is -2.58. The SMILES string of the molecule is CC1(OCc2nc(C(N)=O)no2)CNC1. The van der Waals surface area contributed by atoms with E-state index >= 15 is 0 Å². The Morgan fingerprint density at radius 2 is 2.47 bits per heavy atom. The topological polar surface area (TPSA) is 103 Å². The molecule has 1 fully saturated rings. The zero-order valence-corrected chi connectivity index (χ0v) is 8.32. The fourth-order valence-corrected chi connectivity index (χ4v) is 1.23. The Hall–Kier alpha value is -1.47. The van der Waals surface area contributed by atoms with Crippen LogP contribution < -0.4 is 11.1 Å². The van der Waals surface area contributed by atoms with Gasteiger partial charge in [0.05, 0.1) is 5.60 Å². The Morgan fingerprint density at radius 3 is 2.93 bits per heavy atom. The quantitative estimate of drug-likeness (QED) is 0.666. The number of ether oxygens (including phenoxy) is 1. The second-order valence-corrected chi connectivity index (χ2v) is 3.72. The number of hydrogen-bond donors (Lipinski definition) is 2. The summed E-state index contributed by atoms with van der Waals surface area (Å²) >= 11 is 0. The van der Waals surface area contributed by atoms with Crippen molar-refractivity contribution in [2.24, 2.45) is 5.73 Å². The first-order valence-electron chi connectivity index (χ1n) is 4.56. The van der Waals surface area contributed by atoms with Crippen LogP contribution in [0.1, 0.15) is 23.4 Å². The second-order valence-electron chi connectivity index (χ2n) is 3.72. The Kier molecular flexibility index (Phi) is 2.41. The number of amides is 1. The molecule has 7 nitrogen and oxygen atoms in total. The van der Waals surface area contributed by atoms with E-state index in [4.69, 9.17) is 15.0 Å². The van der Waals surface area contributed by atoms with Crippen LogP contribution in [0.2, 0.25) is 0 Å². The minimum absolute atomic E-state index is 0.120. The van der Waals surface area contributed by atoms with Crippen molar-refractivity contribution in [3.63, 3.8) is 0 Å². The summed E-state index contributed by atoms with van der Waals surface area (Å²) in [5.74, 6) is -0.566. The third-order valence-corrected chi connectivity index (χ3v) is 2.23. The molecule has 82 valence electrons. The Bertz CT molecular complexity index is 372. The first kappa shape index (κ1) is 10.1. The molecule has 1 amide bonds. The van der Waals surface area contributed by atoms with Gasteiger partial charge in [0, 0.05) is 13.1 Å². The molecule has 0 aliphatic carbocycles. The highest BCUT2D eigenvalue weighted by molar-refractivity contribution is 5.88. The van der Waals surface area contributed by atoms with E-state index in [1.54, 1.807) is 0 Å². The smallest absolute Gasteiger partial charge is 0.290 e. The van der Waals surface area contributed by atoms with Gasteiger partial charge in [-0.05, 0) is 6.92 Å². The molecule has 15 heavy (non-hydrogen) atoms. The molecule has 3 N–H and O–H groups in total. The largest absolute Gasteiger partial charge is 0.363 e. The van der Waals surface area contributed by atoms with Crippen LogP contribution in [-0.2, 0) is 11.3 Å². The summed E-state index contributed by atoms with van der Waals surface area (Å²) in [5.41, 5.74) is 4.79. The number of hydrogen-bond acceptors (Lipinski definition) is 6. The highest BCUT2D eigenvalue weighted by Gasteiger charge is 2.33. The third kappa shape index (κ3) is 2.13. The van der Waals surface area contributed by atoms with Gasteiger partial charge in [0.25, 0.3) is 17.6 Å². The molecular weight excluding hydrogens is 200 g/mol.